The first-order valence-corrected chi connectivity index (χ1v) is 4.36. The molecular weight excluding hydrogens is 146 g/mol. The summed E-state index contributed by atoms with van der Waals surface area (Å²) in [7, 11) is 0. The van der Waals surface area contributed by atoms with Gasteiger partial charge in [-0.2, -0.15) is 0 Å². The lowest BCUT2D eigenvalue weighted by Crippen LogP contribution is -1.95. The summed E-state index contributed by atoms with van der Waals surface area (Å²) in [5, 5.41) is 0. The molecule has 0 saturated carbocycles. The molecule has 0 aliphatic carbocycles. The molecule has 0 bridgehead atoms. The van der Waals surface area contributed by atoms with Crippen LogP contribution in [0.15, 0.2) is 40.9 Å². The molecule has 0 spiro atoms. The van der Waals surface area contributed by atoms with Gasteiger partial charge in [-0.25, -0.2) is 0 Å². The van der Waals surface area contributed by atoms with Crippen molar-refractivity contribution in [1.29, 1.82) is 0 Å². The Hall–Kier alpha value is -1.11. The Morgan fingerprint density at radius 2 is 2.50 bits per heavy atom. The predicted molar refractivity (Wildman–Crippen MR) is 54.6 cm³/mol. The van der Waals surface area contributed by atoms with E-state index in [0.29, 0.717) is 0 Å². The Bertz CT molecular complexity index is 244. The van der Waals surface area contributed by atoms with Crippen molar-refractivity contribution in [3.8, 4) is 0 Å². The van der Waals surface area contributed by atoms with Crippen LogP contribution < -0.4 is 0 Å². The van der Waals surface area contributed by atoms with Crippen LogP contribution in [0, 0.1) is 0 Å². The molecule has 0 saturated heterocycles. The van der Waals surface area contributed by atoms with Crippen LogP contribution >= 0.6 is 0 Å². The molecular formula is C11H15N. The van der Waals surface area contributed by atoms with Gasteiger partial charge in [0, 0.05) is 6.21 Å². The van der Waals surface area contributed by atoms with E-state index in [0.717, 1.165) is 19.4 Å². The molecule has 1 aliphatic heterocycles. The van der Waals surface area contributed by atoms with Crippen molar-refractivity contribution in [1.82, 2.24) is 0 Å². The van der Waals surface area contributed by atoms with Gasteiger partial charge in [0.1, 0.15) is 0 Å². The van der Waals surface area contributed by atoms with Gasteiger partial charge in [0.15, 0.2) is 0 Å². The van der Waals surface area contributed by atoms with Gasteiger partial charge in [-0.3, -0.25) is 4.99 Å². The summed E-state index contributed by atoms with van der Waals surface area (Å²) in [6.07, 6.45) is 10.0. The molecule has 0 radical (unpaired) electrons. The number of aliphatic imine (C=N–C) groups is 1. The maximum absolute atomic E-state index is 4.26. The Kier molecular flexibility index (Phi) is 3.52. The summed E-state index contributed by atoms with van der Waals surface area (Å²) in [6, 6.07) is 0. The SMILES string of the molecule is C=C/C1=C(\CC)CN=C/C=C\C1. The summed E-state index contributed by atoms with van der Waals surface area (Å²) >= 11 is 0. The van der Waals surface area contributed by atoms with E-state index < -0.39 is 0 Å². The Balaban J connectivity index is 2.89. The van der Waals surface area contributed by atoms with Crippen molar-refractivity contribution in [3.05, 3.63) is 36.0 Å². The largest absolute Gasteiger partial charge is 0.289 e. The van der Waals surface area contributed by atoms with E-state index in [1.807, 2.05) is 18.4 Å². The normalized spacial score (nSPS) is 26.1. The van der Waals surface area contributed by atoms with Gasteiger partial charge in [0.25, 0.3) is 0 Å². The monoisotopic (exact) mass is 161 g/mol. The molecule has 0 aromatic rings. The number of hydrogen-bond donors (Lipinski definition) is 0. The van der Waals surface area contributed by atoms with Crippen LogP contribution in [-0.4, -0.2) is 12.8 Å². The minimum absolute atomic E-state index is 0.836. The first-order valence-electron chi connectivity index (χ1n) is 4.36. The standard InChI is InChI=1S/C11H15N/c1-3-10-7-5-6-8-12-9-11(10)4-2/h3,5-6,8H,1,4,7,9H2,2H3/b6-5-,11-10-,12-8?. The number of hydrogen-bond acceptors (Lipinski definition) is 1. The zero-order valence-electron chi connectivity index (χ0n) is 7.59. The number of nitrogens with zero attached hydrogens (tertiary/aromatic N) is 1. The highest BCUT2D eigenvalue weighted by Crippen LogP contribution is 2.15. The van der Waals surface area contributed by atoms with E-state index >= 15 is 0 Å². The summed E-state index contributed by atoms with van der Waals surface area (Å²) < 4.78 is 0. The van der Waals surface area contributed by atoms with Crippen LogP contribution in [0.25, 0.3) is 0 Å². The van der Waals surface area contributed by atoms with Crippen molar-refractivity contribution < 1.29 is 0 Å². The summed E-state index contributed by atoms with van der Waals surface area (Å²) in [6.45, 7) is 6.81. The summed E-state index contributed by atoms with van der Waals surface area (Å²) in [5.41, 5.74) is 2.75. The molecule has 0 N–H and O–H groups in total. The molecule has 0 atom stereocenters. The van der Waals surface area contributed by atoms with E-state index in [9.17, 15) is 0 Å². The lowest BCUT2D eigenvalue weighted by atomic mass is 10.0. The Labute approximate surface area is 74.2 Å². The third-order valence-corrected chi connectivity index (χ3v) is 2.07. The van der Waals surface area contributed by atoms with Crippen molar-refractivity contribution in [3.63, 3.8) is 0 Å². The molecule has 1 heteroatoms. The van der Waals surface area contributed by atoms with Crippen LogP contribution in [0.1, 0.15) is 19.8 Å². The predicted octanol–water partition coefficient (Wildman–Crippen LogP) is 2.91. The lowest BCUT2D eigenvalue weighted by molar-refractivity contribution is 0.971. The minimum atomic E-state index is 0.836. The highest BCUT2D eigenvalue weighted by Gasteiger charge is 2.00. The van der Waals surface area contributed by atoms with Gasteiger partial charge in [0.2, 0.25) is 0 Å². The fourth-order valence-electron chi connectivity index (χ4n) is 1.29. The van der Waals surface area contributed by atoms with Crippen molar-refractivity contribution >= 4 is 6.21 Å². The van der Waals surface area contributed by atoms with Crippen LogP contribution in [0.2, 0.25) is 0 Å². The fraction of sp³-hybridized carbons (Fsp3) is 0.364. The topological polar surface area (TPSA) is 12.4 Å². The molecule has 0 amide bonds. The van der Waals surface area contributed by atoms with Crippen LogP contribution in [-0.2, 0) is 0 Å². The number of allylic oxidation sites excluding steroid dienone is 4. The van der Waals surface area contributed by atoms with Crippen LogP contribution in [0.3, 0.4) is 0 Å². The Morgan fingerprint density at radius 1 is 1.67 bits per heavy atom. The van der Waals surface area contributed by atoms with E-state index in [2.05, 4.69) is 24.6 Å². The number of rotatable bonds is 2. The zero-order chi connectivity index (χ0) is 8.81. The van der Waals surface area contributed by atoms with Gasteiger partial charge in [-0.1, -0.05) is 25.7 Å². The Morgan fingerprint density at radius 3 is 3.17 bits per heavy atom. The van der Waals surface area contributed by atoms with Crippen LogP contribution in [0.4, 0.5) is 0 Å². The maximum Gasteiger partial charge on any atom is 0.0605 e. The van der Waals surface area contributed by atoms with Crippen molar-refractivity contribution in [2.45, 2.75) is 19.8 Å². The van der Waals surface area contributed by atoms with Crippen LogP contribution in [0.5, 0.6) is 0 Å². The molecule has 1 rings (SSSR count). The quantitative estimate of drug-likeness (QED) is 0.590. The van der Waals surface area contributed by atoms with E-state index in [-0.39, 0.29) is 0 Å². The molecule has 1 heterocycles. The van der Waals surface area contributed by atoms with Gasteiger partial charge in [-0.15, -0.1) is 0 Å². The maximum atomic E-state index is 4.26. The smallest absolute Gasteiger partial charge is 0.0605 e. The lowest BCUT2D eigenvalue weighted by Gasteiger charge is -2.08. The molecule has 0 aromatic carbocycles. The van der Waals surface area contributed by atoms with E-state index in [1.165, 1.54) is 11.1 Å². The molecule has 12 heavy (non-hydrogen) atoms. The molecule has 1 nitrogen and oxygen atoms in total. The van der Waals surface area contributed by atoms with Gasteiger partial charge < -0.3 is 0 Å². The van der Waals surface area contributed by atoms with Crippen molar-refractivity contribution in [2.75, 3.05) is 6.54 Å². The second-order valence-corrected chi connectivity index (χ2v) is 2.81. The molecule has 0 unspecified atom stereocenters. The average Bonchev–Trinajstić information content (AvgIpc) is 2.05. The second-order valence-electron chi connectivity index (χ2n) is 2.81. The molecule has 0 fully saturated rings. The zero-order valence-corrected chi connectivity index (χ0v) is 7.59. The first-order chi connectivity index (χ1) is 5.88. The van der Waals surface area contributed by atoms with Gasteiger partial charge in [0.05, 0.1) is 6.54 Å². The minimum Gasteiger partial charge on any atom is -0.289 e. The third kappa shape index (κ3) is 2.19. The molecule has 1 aliphatic rings. The molecule has 64 valence electrons. The van der Waals surface area contributed by atoms with Crippen molar-refractivity contribution in [2.24, 2.45) is 4.99 Å². The van der Waals surface area contributed by atoms with Gasteiger partial charge >= 0.3 is 0 Å². The average molecular weight is 161 g/mol. The van der Waals surface area contributed by atoms with E-state index in [4.69, 9.17) is 0 Å². The molecule has 0 aromatic heterocycles. The summed E-state index contributed by atoms with van der Waals surface area (Å²) in [5.74, 6) is 0. The summed E-state index contributed by atoms with van der Waals surface area (Å²) in [4.78, 5) is 4.26. The van der Waals surface area contributed by atoms with E-state index in [1.54, 1.807) is 0 Å². The highest BCUT2D eigenvalue weighted by molar-refractivity contribution is 5.71. The first kappa shape index (κ1) is 8.98. The second kappa shape index (κ2) is 4.70. The fourth-order valence-corrected chi connectivity index (χ4v) is 1.29. The third-order valence-electron chi connectivity index (χ3n) is 2.07. The highest BCUT2D eigenvalue weighted by atomic mass is 14.7. The van der Waals surface area contributed by atoms with Gasteiger partial charge in [-0.05, 0) is 30.1 Å².